The molecule has 1 unspecified atom stereocenters. The molecular formula is C16H17BrN2O3S2. The van der Waals surface area contributed by atoms with E-state index in [-0.39, 0.29) is 12.5 Å². The number of hydrogen-bond donors (Lipinski definition) is 3. The van der Waals surface area contributed by atoms with Gasteiger partial charge in [0.25, 0.3) is 0 Å². The summed E-state index contributed by atoms with van der Waals surface area (Å²) in [7, 11) is -3.35. The summed E-state index contributed by atoms with van der Waals surface area (Å²) in [6, 6.07) is 7.57. The number of aliphatic hydroxyl groups is 1. The Morgan fingerprint density at radius 2 is 2.21 bits per heavy atom. The zero-order valence-corrected chi connectivity index (χ0v) is 16.1. The van der Waals surface area contributed by atoms with Gasteiger partial charge in [-0.1, -0.05) is 12.1 Å². The Kier molecular flexibility index (Phi) is 5.00. The molecule has 0 aliphatic rings. The zero-order valence-electron chi connectivity index (χ0n) is 12.9. The van der Waals surface area contributed by atoms with Crippen molar-refractivity contribution in [2.24, 2.45) is 0 Å². The first-order valence-electron chi connectivity index (χ1n) is 7.31. The van der Waals surface area contributed by atoms with E-state index in [1.54, 1.807) is 17.4 Å². The number of nitrogens with one attached hydrogen (secondary N) is 2. The summed E-state index contributed by atoms with van der Waals surface area (Å²) in [6.45, 7) is 0.0775. The van der Waals surface area contributed by atoms with Gasteiger partial charge in [0, 0.05) is 38.8 Å². The first-order chi connectivity index (χ1) is 11.4. The number of aromatic nitrogens is 1. The summed E-state index contributed by atoms with van der Waals surface area (Å²) in [5.41, 5.74) is 2.32. The molecule has 1 aromatic carbocycles. The molecular weight excluding hydrogens is 412 g/mol. The fraction of sp³-hybridized carbons (Fsp3) is 0.250. The summed E-state index contributed by atoms with van der Waals surface area (Å²) in [4.78, 5) is 4.33. The SMILES string of the molecule is CS(=O)(=O)Nc1cccc2c(C(CCO)c3cc(Br)cs3)c[nH]c12. The maximum Gasteiger partial charge on any atom is 0.229 e. The Morgan fingerprint density at radius 3 is 2.83 bits per heavy atom. The normalized spacial score (nSPS) is 13.3. The minimum Gasteiger partial charge on any atom is -0.396 e. The zero-order chi connectivity index (χ0) is 17.3. The van der Waals surface area contributed by atoms with E-state index in [2.05, 4.69) is 31.7 Å². The summed E-state index contributed by atoms with van der Waals surface area (Å²) in [6.07, 6.45) is 3.63. The van der Waals surface area contributed by atoms with Gasteiger partial charge in [-0.25, -0.2) is 8.42 Å². The average Bonchev–Trinajstić information content (AvgIpc) is 3.10. The number of thiophene rings is 1. The molecule has 5 nitrogen and oxygen atoms in total. The van der Waals surface area contributed by atoms with Gasteiger partial charge in [-0.2, -0.15) is 0 Å². The number of fused-ring (bicyclic) bond motifs is 1. The number of rotatable bonds is 6. The van der Waals surface area contributed by atoms with Crippen molar-refractivity contribution in [1.82, 2.24) is 4.98 Å². The predicted molar refractivity (Wildman–Crippen MR) is 102 cm³/mol. The number of H-pyrrole nitrogens is 1. The molecule has 2 heterocycles. The molecule has 0 bridgehead atoms. The van der Waals surface area contributed by atoms with Crippen molar-refractivity contribution in [2.75, 3.05) is 17.6 Å². The molecule has 3 rings (SSSR count). The Morgan fingerprint density at radius 1 is 1.42 bits per heavy atom. The molecule has 1 atom stereocenters. The van der Waals surface area contributed by atoms with Crippen LogP contribution in [0.3, 0.4) is 0 Å². The van der Waals surface area contributed by atoms with E-state index in [0.29, 0.717) is 12.1 Å². The summed E-state index contributed by atoms with van der Waals surface area (Å²) < 4.78 is 26.7. The van der Waals surface area contributed by atoms with Gasteiger partial charge in [-0.15, -0.1) is 11.3 Å². The third-order valence-corrected chi connectivity index (χ3v) is 6.17. The molecule has 128 valence electrons. The number of hydrogen-bond acceptors (Lipinski definition) is 4. The third-order valence-electron chi connectivity index (χ3n) is 3.77. The molecule has 0 aliphatic heterocycles. The molecule has 0 saturated carbocycles. The standard InChI is InChI=1S/C16H17BrN2O3S2/c1-24(21,22)19-14-4-2-3-12-13(8-18-16(12)14)11(5-6-20)15-7-10(17)9-23-15/h2-4,7-9,11,18-20H,5-6H2,1H3. The fourth-order valence-electron chi connectivity index (χ4n) is 2.84. The topological polar surface area (TPSA) is 82.2 Å². The summed E-state index contributed by atoms with van der Waals surface area (Å²) >= 11 is 5.11. The molecule has 0 aliphatic carbocycles. The molecule has 0 fully saturated rings. The molecule has 8 heteroatoms. The highest BCUT2D eigenvalue weighted by Gasteiger charge is 2.20. The largest absolute Gasteiger partial charge is 0.396 e. The van der Waals surface area contributed by atoms with Crippen LogP contribution < -0.4 is 4.72 Å². The van der Waals surface area contributed by atoms with Gasteiger partial charge in [-0.3, -0.25) is 4.72 Å². The van der Waals surface area contributed by atoms with Crippen LogP contribution in [-0.2, 0) is 10.0 Å². The van der Waals surface area contributed by atoms with Crippen molar-refractivity contribution >= 4 is 53.9 Å². The second-order valence-corrected chi connectivity index (χ2v) is 9.19. The summed E-state index contributed by atoms with van der Waals surface area (Å²) in [5, 5.41) is 12.4. The maximum atomic E-state index is 11.6. The fourth-order valence-corrected chi connectivity index (χ4v) is 5.01. The quantitative estimate of drug-likeness (QED) is 0.556. The molecule has 24 heavy (non-hydrogen) atoms. The number of para-hydroxylation sites is 1. The number of benzene rings is 1. The molecule has 0 amide bonds. The van der Waals surface area contributed by atoms with Crippen molar-refractivity contribution in [3.8, 4) is 0 Å². The third kappa shape index (κ3) is 3.66. The second kappa shape index (κ2) is 6.87. The number of sulfonamides is 1. The molecule has 0 radical (unpaired) electrons. The highest BCUT2D eigenvalue weighted by atomic mass is 79.9. The van der Waals surface area contributed by atoms with Crippen molar-refractivity contribution in [3.63, 3.8) is 0 Å². The van der Waals surface area contributed by atoms with Gasteiger partial charge >= 0.3 is 0 Å². The summed E-state index contributed by atoms with van der Waals surface area (Å²) in [5.74, 6) is 0.0496. The smallest absolute Gasteiger partial charge is 0.229 e. The van der Waals surface area contributed by atoms with E-state index in [0.717, 1.165) is 32.1 Å². The Hall–Kier alpha value is -1.35. The van der Waals surface area contributed by atoms with Gasteiger partial charge in [0.1, 0.15) is 0 Å². The molecule has 3 aromatic rings. The monoisotopic (exact) mass is 428 g/mol. The van der Waals surface area contributed by atoms with Crippen molar-refractivity contribution in [3.05, 3.63) is 50.8 Å². The Balaban J connectivity index is 2.10. The van der Waals surface area contributed by atoms with Crippen LogP contribution in [0, 0.1) is 0 Å². The maximum absolute atomic E-state index is 11.6. The van der Waals surface area contributed by atoms with Gasteiger partial charge in [-0.05, 0) is 40.0 Å². The van der Waals surface area contributed by atoms with E-state index in [9.17, 15) is 13.5 Å². The number of anilines is 1. The van der Waals surface area contributed by atoms with Crippen LogP contribution in [0.2, 0.25) is 0 Å². The van der Waals surface area contributed by atoms with E-state index >= 15 is 0 Å². The van der Waals surface area contributed by atoms with E-state index in [1.165, 1.54) is 0 Å². The van der Waals surface area contributed by atoms with Crippen molar-refractivity contribution < 1.29 is 13.5 Å². The lowest BCUT2D eigenvalue weighted by molar-refractivity contribution is 0.282. The van der Waals surface area contributed by atoms with Gasteiger partial charge < -0.3 is 10.1 Å². The second-order valence-electron chi connectivity index (χ2n) is 5.58. The van der Waals surface area contributed by atoms with Crippen molar-refractivity contribution in [1.29, 1.82) is 0 Å². The van der Waals surface area contributed by atoms with Gasteiger partial charge in [0.05, 0.1) is 17.5 Å². The lowest BCUT2D eigenvalue weighted by Gasteiger charge is -2.14. The average molecular weight is 429 g/mol. The Labute approximate surface area is 152 Å². The van der Waals surface area contributed by atoms with Crippen LogP contribution in [0.15, 0.2) is 40.3 Å². The molecule has 0 saturated heterocycles. The minimum atomic E-state index is -3.35. The van der Waals surface area contributed by atoms with Gasteiger partial charge in [0.2, 0.25) is 10.0 Å². The first-order valence-corrected chi connectivity index (χ1v) is 10.9. The molecule has 3 N–H and O–H groups in total. The van der Waals surface area contributed by atoms with Crippen LogP contribution in [0.1, 0.15) is 22.8 Å². The van der Waals surface area contributed by atoms with Crippen LogP contribution in [0.25, 0.3) is 10.9 Å². The van der Waals surface area contributed by atoms with E-state index in [4.69, 9.17) is 0 Å². The highest BCUT2D eigenvalue weighted by Crippen LogP contribution is 2.38. The Bertz CT molecular complexity index is 963. The van der Waals surface area contributed by atoms with Crippen LogP contribution in [-0.4, -0.2) is 31.4 Å². The lowest BCUT2D eigenvalue weighted by atomic mass is 9.94. The van der Waals surface area contributed by atoms with Crippen LogP contribution in [0.5, 0.6) is 0 Å². The van der Waals surface area contributed by atoms with E-state index in [1.807, 2.05) is 23.7 Å². The molecule has 0 spiro atoms. The molecule has 2 aromatic heterocycles. The number of halogens is 1. The van der Waals surface area contributed by atoms with Crippen molar-refractivity contribution in [2.45, 2.75) is 12.3 Å². The van der Waals surface area contributed by atoms with Gasteiger partial charge in [0.15, 0.2) is 0 Å². The van der Waals surface area contributed by atoms with Crippen LogP contribution in [0.4, 0.5) is 5.69 Å². The highest BCUT2D eigenvalue weighted by molar-refractivity contribution is 9.10. The van der Waals surface area contributed by atoms with Crippen LogP contribution >= 0.6 is 27.3 Å². The predicted octanol–water partition coefficient (Wildman–Crippen LogP) is 3.88. The lowest BCUT2D eigenvalue weighted by Crippen LogP contribution is -2.09. The first kappa shape index (κ1) is 17.5. The number of aromatic amines is 1. The van der Waals surface area contributed by atoms with E-state index < -0.39 is 10.0 Å². The minimum absolute atomic E-state index is 0.0496. The number of aliphatic hydroxyl groups excluding tert-OH is 1.